The maximum absolute atomic E-state index is 16.2. The second-order valence-corrected chi connectivity index (χ2v) is 37.0. The van der Waals surface area contributed by atoms with Crippen LogP contribution >= 0.6 is 114 Å². The zero-order valence-electron chi connectivity index (χ0n) is 54.9. The third-order valence-corrected chi connectivity index (χ3v) is 30.3. The predicted octanol–water partition coefficient (Wildman–Crippen LogP) is 28.5. The zero-order valence-corrected chi connectivity index (χ0v) is 63.0. The molecule has 0 amide bonds. The first kappa shape index (κ1) is 68.1. The third kappa shape index (κ3) is 14.2. The van der Waals surface area contributed by atoms with Crippen LogP contribution in [0.1, 0.15) is 261 Å². The summed E-state index contributed by atoms with van der Waals surface area (Å²) in [5.41, 5.74) is 5.13. The number of halogens is 2. The van der Waals surface area contributed by atoms with Crippen molar-refractivity contribution in [1.29, 1.82) is 0 Å². The van der Waals surface area contributed by atoms with Gasteiger partial charge in [-0.3, -0.25) is 9.59 Å². The summed E-state index contributed by atoms with van der Waals surface area (Å²) in [5, 5.41) is 4.32. The van der Waals surface area contributed by atoms with Crippen LogP contribution in [-0.4, -0.2) is 11.6 Å². The van der Waals surface area contributed by atoms with Crippen LogP contribution in [0.2, 0.25) is 10.0 Å². The number of rotatable bonds is 29. The Morgan fingerprint density at radius 2 is 0.761 bits per heavy atom. The Morgan fingerprint density at radius 3 is 1.18 bits per heavy atom. The molecule has 4 unspecified atom stereocenters. The smallest absolute Gasteiger partial charge is 0.197 e. The Balaban J connectivity index is 1.18. The summed E-state index contributed by atoms with van der Waals surface area (Å²) < 4.78 is 2.59. The van der Waals surface area contributed by atoms with Gasteiger partial charge in [-0.2, -0.15) is 0 Å². The van der Waals surface area contributed by atoms with Crippen LogP contribution in [-0.2, 0) is 36.5 Å². The fourth-order valence-electron chi connectivity index (χ4n) is 13.1. The average molecular weight is 1370 g/mol. The molecule has 88 heavy (non-hydrogen) atoms. The van der Waals surface area contributed by atoms with Crippen molar-refractivity contribution in [2.75, 3.05) is 0 Å². The van der Waals surface area contributed by atoms with Gasteiger partial charge in [-0.1, -0.05) is 223 Å². The summed E-state index contributed by atoms with van der Waals surface area (Å²) in [6.07, 6.45) is 22.4. The monoisotopic (exact) mass is 1360 g/mol. The normalized spacial score (nSPS) is 14.5. The van der Waals surface area contributed by atoms with Gasteiger partial charge in [0.25, 0.3) is 0 Å². The maximum Gasteiger partial charge on any atom is 0.197 e. The average Bonchev–Trinajstić information content (AvgIpc) is 1.63. The van der Waals surface area contributed by atoms with Gasteiger partial charge in [-0.15, -0.1) is 90.7 Å². The number of hydrogen-bond acceptors (Lipinski definition) is 10. The molecule has 1 aliphatic carbocycles. The Bertz CT molecular complexity index is 3780. The molecule has 472 valence electrons. The predicted molar refractivity (Wildman–Crippen MR) is 400 cm³/mol. The number of ketones is 2. The zero-order chi connectivity index (χ0) is 62.9. The minimum Gasteiger partial charge on any atom is -0.288 e. The van der Waals surface area contributed by atoms with Crippen molar-refractivity contribution in [3.8, 4) is 50.1 Å². The minimum atomic E-state index is -0.0573. The highest BCUT2D eigenvalue weighted by molar-refractivity contribution is 7.31. The van der Waals surface area contributed by atoms with E-state index in [1.165, 1.54) is 117 Å². The molecule has 0 saturated heterocycles. The molecule has 4 atom stereocenters. The summed E-state index contributed by atoms with van der Waals surface area (Å²) in [6, 6.07) is 18.5. The lowest BCUT2D eigenvalue weighted by atomic mass is 9.81. The van der Waals surface area contributed by atoms with Crippen LogP contribution in [0.25, 0.3) is 70.3 Å². The minimum absolute atomic E-state index is 0.0501. The molecule has 0 aliphatic heterocycles. The molecule has 0 spiro atoms. The van der Waals surface area contributed by atoms with Crippen molar-refractivity contribution < 1.29 is 9.59 Å². The topological polar surface area (TPSA) is 34.1 Å². The molecular formula is C76H94Cl2O2S8. The first-order chi connectivity index (χ1) is 42.2. The molecule has 0 bridgehead atoms. The van der Waals surface area contributed by atoms with E-state index in [0.29, 0.717) is 40.4 Å². The van der Waals surface area contributed by atoms with Crippen LogP contribution < -0.4 is 0 Å². The van der Waals surface area contributed by atoms with Crippen LogP contribution in [0.15, 0.2) is 48.5 Å². The number of carbonyl (C=O) groups excluding carboxylic acids is 2. The molecule has 2 nitrogen and oxygen atoms in total. The van der Waals surface area contributed by atoms with E-state index in [1.54, 1.807) is 45.3 Å². The summed E-state index contributed by atoms with van der Waals surface area (Å²) in [6.45, 7) is 32.2. The summed E-state index contributed by atoms with van der Waals surface area (Å²) in [5.74, 6) is 2.24. The van der Waals surface area contributed by atoms with E-state index in [-0.39, 0.29) is 22.4 Å². The Kier molecular flexibility index (Phi) is 22.7. The number of hydrogen-bond donors (Lipinski definition) is 0. The molecule has 0 saturated carbocycles. The van der Waals surface area contributed by atoms with E-state index in [4.69, 9.17) is 23.2 Å². The van der Waals surface area contributed by atoms with Gasteiger partial charge in [-0.25, -0.2) is 0 Å². The van der Waals surface area contributed by atoms with Gasteiger partial charge in [0.15, 0.2) is 11.6 Å². The highest BCUT2D eigenvalue weighted by Crippen LogP contribution is 2.58. The number of fused-ring (bicyclic) bond motifs is 4. The highest BCUT2D eigenvalue weighted by Gasteiger charge is 2.42. The fraction of sp³-hybridized carbons (Fsp3) is 0.526. The van der Waals surface area contributed by atoms with Crippen LogP contribution in [0, 0.1) is 23.7 Å². The highest BCUT2D eigenvalue weighted by atomic mass is 35.5. The van der Waals surface area contributed by atoms with Crippen LogP contribution in [0.4, 0.5) is 0 Å². The van der Waals surface area contributed by atoms with Crippen molar-refractivity contribution in [2.24, 2.45) is 23.7 Å². The van der Waals surface area contributed by atoms with Crippen molar-refractivity contribution in [2.45, 2.75) is 236 Å². The van der Waals surface area contributed by atoms with E-state index < -0.39 is 0 Å². The number of thiophene rings is 8. The van der Waals surface area contributed by atoms with E-state index in [2.05, 4.69) is 145 Å². The van der Waals surface area contributed by atoms with Gasteiger partial charge < -0.3 is 0 Å². The lowest BCUT2D eigenvalue weighted by Crippen LogP contribution is -2.22. The molecule has 0 radical (unpaired) electrons. The molecule has 1 aromatic carbocycles. The Morgan fingerprint density at radius 1 is 0.364 bits per heavy atom. The van der Waals surface area contributed by atoms with Crippen molar-refractivity contribution in [3.05, 3.63) is 110 Å². The maximum atomic E-state index is 16.2. The van der Waals surface area contributed by atoms with Crippen molar-refractivity contribution >= 4 is 146 Å². The molecule has 10 rings (SSSR count). The summed E-state index contributed by atoms with van der Waals surface area (Å²) >= 11 is 29.5. The molecule has 1 aliphatic rings. The van der Waals surface area contributed by atoms with Gasteiger partial charge in [0, 0.05) is 101 Å². The molecule has 0 N–H and O–H groups in total. The quantitative estimate of drug-likeness (QED) is 0.0468. The summed E-state index contributed by atoms with van der Waals surface area (Å²) in [4.78, 5) is 48.5. The van der Waals surface area contributed by atoms with Crippen LogP contribution in [0.5, 0.6) is 0 Å². The number of benzene rings is 1. The second kappa shape index (κ2) is 29.3. The fourth-order valence-corrected chi connectivity index (χ4v) is 24.2. The summed E-state index contributed by atoms with van der Waals surface area (Å²) in [7, 11) is 0. The van der Waals surface area contributed by atoms with E-state index in [0.717, 1.165) is 127 Å². The Hall–Kier alpha value is -2.74. The van der Waals surface area contributed by atoms with Gasteiger partial charge >= 0.3 is 0 Å². The Labute approximate surface area is 570 Å². The molecule has 8 aromatic heterocycles. The first-order valence-electron chi connectivity index (χ1n) is 33.4. The standard InChI is InChI=1S/C76H94Cl2O2S8/c1-15-23-27-43(19-5)35-54-49(77)41-59(82-54)63-47-39-56(86-71(47)64(48-40-62(76(12,13)14)87-72(48)63)60-42-50(78)55(83-60)36-44(20-6)28-24-16-2)51-31-32-52(81-51)73-67-68(74(88-73)53-33-34-61(85-53)75(9,10)11)70(80)66-58(38-46(22-8)30-26-18-4)84-57(65(66)69(67)79)37-45(21-7)29-25-17-3/h31-34,39-46H,15-30,35-38H2,1-14H3. The first-order valence-corrected chi connectivity index (χ1v) is 40.7. The van der Waals surface area contributed by atoms with Crippen LogP contribution in [0.3, 0.4) is 0 Å². The molecule has 0 fully saturated rings. The molecule has 9 aromatic rings. The van der Waals surface area contributed by atoms with Gasteiger partial charge in [0.1, 0.15) is 0 Å². The lowest BCUT2D eigenvalue weighted by Gasteiger charge is -2.19. The molecule has 12 heteroatoms. The number of unbranched alkanes of at least 4 members (excludes halogenated alkanes) is 4. The number of carbonyl (C=O) groups is 2. The SMILES string of the molecule is CCCCC(CC)Cc1sc(-c2c3cc(C(C)(C)C)sc3c(-c3cc(Cl)c(CC(CC)CCCC)s3)c3cc(-c4ccc(-c5sc(-c6ccc(C(C)(C)C)s6)c6c5C(=O)c5c(CC(CC)CCCC)sc(CC(CC)CCCC)c5C6=O)s4)sc23)cc1Cl. The van der Waals surface area contributed by atoms with Crippen molar-refractivity contribution in [3.63, 3.8) is 0 Å². The van der Waals surface area contributed by atoms with Crippen molar-refractivity contribution in [1.82, 2.24) is 0 Å². The van der Waals surface area contributed by atoms with Gasteiger partial charge in [0.2, 0.25) is 0 Å². The van der Waals surface area contributed by atoms with E-state index >= 15 is 9.59 Å². The largest absolute Gasteiger partial charge is 0.288 e. The van der Waals surface area contributed by atoms with E-state index in [1.807, 2.05) is 45.3 Å². The molecular weight excluding hydrogens is 1270 g/mol. The van der Waals surface area contributed by atoms with Gasteiger partial charge in [-0.05, 0) is 109 Å². The lowest BCUT2D eigenvalue weighted by molar-refractivity contribution is 0.0980. The van der Waals surface area contributed by atoms with E-state index in [9.17, 15) is 0 Å². The molecule has 8 heterocycles. The third-order valence-electron chi connectivity index (χ3n) is 18.8. The van der Waals surface area contributed by atoms with Gasteiger partial charge in [0.05, 0.1) is 30.9 Å². The second-order valence-electron chi connectivity index (χ2n) is 27.4.